The lowest BCUT2D eigenvalue weighted by atomic mass is 10.1. The summed E-state index contributed by atoms with van der Waals surface area (Å²) in [7, 11) is 1.39. The van der Waals surface area contributed by atoms with Crippen molar-refractivity contribution in [2.45, 2.75) is 13.5 Å². The average Bonchev–Trinajstić information content (AvgIpc) is 2.79. The fourth-order valence-electron chi connectivity index (χ4n) is 3.08. The normalized spacial score (nSPS) is 10.5. The number of carbonyl (C=O) groups is 2. The topological polar surface area (TPSA) is 65.1 Å². The molecule has 31 heavy (non-hydrogen) atoms. The average molecular weight is 425 g/mol. The van der Waals surface area contributed by atoms with Crippen molar-refractivity contribution in [2.75, 3.05) is 26.9 Å². The number of ether oxygens (including phenoxy) is 3. The summed E-state index contributed by atoms with van der Waals surface area (Å²) in [6.45, 7) is 1.66. The van der Waals surface area contributed by atoms with Gasteiger partial charge in [-0.2, -0.15) is 0 Å². The van der Waals surface area contributed by atoms with Gasteiger partial charge in [-0.05, 0) is 47.5 Å². The molecule has 0 spiro atoms. The van der Waals surface area contributed by atoms with Crippen molar-refractivity contribution in [1.29, 1.82) is 0 Å². The molecule has 0 aliphatic carbocycles. The number of methoxy groups -OCH3 is 1. The van der Waals surface area contributed by atoms with Crippen LogP contribution in [0.3, 0.4) is 0 Å². The largest absolute Gasteiger partial charge is 0.494 e. The van der Waals surface area contributed by atoms with Crippen LogP contribution in [0, 0.1) is 5.82 Å². The standard InChI is InChI=1S/C24H24FNO5/c1-3-26(14-17-8-11-22(29-2)21(25)12-17)23(27)15-31-24(28)16-30-20-10-9-18-6-4-5-7-19(18)13-20/h4-13H,3,14-16H2,1-2H3. The predicted molar refractivity (Wildman–Crippen MR) is 114 cm³/mol. The number of hydrogen-bond acceptors (Lipinski definition) is 5. The number of esters is 1. The van der Waals surface area contributed by atoms with E-state index in [9.17, 15) is 14.0 Å². The maximum atomic E-state index is 13.9. The highest BCUT2D eigenvalue weighted by molar-refractivity contribution is 5.84. The monoisotopic (exact) mass is 425 g/mol. The fraction of sp³-hybridized carbons (Fsp3) is 0.250. The molecule has 3 rings (SSSR count). The minimum absolute atomic E-state index is 0.137. The van der Waals surface area contributed by atoms with E-state index in [1.165, 1.54) is 24.1 Å². The number of hydrogen-bond donors (Lipinski definition) is 0. The molecule has 3 aromatic rings. The highest BCUT2D eigenvalue weighted by Gasteiger charge is 2.16. The van der Waals surface area contributed by atoms with Crippen molar-refractivity contribution in [3.8, 4) is 11.5 Å². The Morgan fingerprint density at radius 2 is 1.74 bits per heavy atom. The summed E-state index contributed by atoms with van der Waals surface area (Å²) in [5, 5.41) is 2.07. The maximum Gasteiger partial charge on any atom is 0.344 e. The lowest BCUT2D eigenvalue weighted by Gasteiger charge is -2.21. The van der Waals surface area contributed by atoms with Crippen molar-refractivity contribution in [1.82, 2.24) is 4.90 Å². The first-order valence-electron chi connectivity index (χ1n) is 9.87. The summed E-state index contributed by atoms with van der Waals surface area (Å²) in [5.41, 5.74) is 0.611. The lowest BCUT2D eigenvalue weighted by molar-refractivity contribution is -0.153. The van der Waals surface area contributed by atoms with Gasteiger partial charge in [0.1, 0.15) is 5.75 Å². The molecule has 3 aromatic carbocycles. The third kappa shape index (κ3) is 5.94. The first-order chi connectivity index (χ1) is 15.0. The van der Waals surface area contributed by atoms with Crippen LogP contribution in [0.4, 0.5) is 4.39 Å². The molecule has 0 bridgehead atoms. The fourth-order valence-corrected chi connectivity index (χ4v) is 3.08. The summed E-state index contributed by atoms with van der Waals surface area (Å²) < 4.78 is 29.3. The predicted octanol–water partition coefficient (Wildman–Crippen LogP) is 3.96. The molecule has 0 aliphatic heterocycles. The SMILES string of the molecule is CCN(Cc1ccc(OC)c(F)c1)C(=O)COC(=O)COc1ccc2ccccc2c1. The molecule has 0 aliphatic rings. The van der Waals surface area contributed by atoms with Gasteiger partial charge in [-0.1, -0.05) is 36.4 Å². The quantitative estimate of drug-likeness (QED) is 0.486. The number of carbonyl (C=O) groups excluding carboxylic acids is 2. The zero-order valence-electron chi connectivity index (χ0n) is 17.5. The molecule has 0 atom stereocenters. The van der Waals surface area contributed by atoms with Gasteiger partial charge in [0, 0.05) is 13.1 Å². The zero-order valence-corrected chi connectivity index (χ0v) is 17.5. The lowest BCUT2D eigenvalue weighted by Crippen LogP contribution is -2.34. The number of rotatable bonds is 9. The number of likely N-dealkylation sites (N-methyl/N-ethyl adjacent to an activating group) is 1. The van der Waals surface area contributed by atoms with Crippen LogP contribution < -0.4 is 9.47 Å². The van der Waals surface area contributed by atoms with Gasteiger partial charge in [0.05, 0.1) is 7.11 Å². The molecule has 0 radical (unpaired) electrons. The second-order valence-electron chi connectivity index (χ2n) is 6.84. The van der Waals surface area contributed by atoms with Gasteiger partial charge in [0.15, 0.2) is 24.8 Å². The molecule has 0 unspecified atom stereocenters. The highest BCUT2D eigenvalue weighted by atomic mass is 19.1. The Labute approximate surface area is 180 Å². The summed E-state index contributed by atoms with van der Waals surface area (Å²) >= 11 is 0. The minimum Gasteiger partial charge on any atom is -0.494 e. The van der Waals surface area contributed by atoms with E-state index in [0.717, 1.165) is 10.8 Å². The number of halogens is 1. The van der Waals surface area contributed by atoms with Gasteiger partial charge >= 0.3 is 5.97 Å². The van der Waals surface area contributed by atoms with Gasteiger partial charge in [0.25, 0.3) is 5.91 Å². The van der Waals surface area contributed by atoms with E-state index in [-0.39, 0.29) is 24.8 Å². The molecular formula is C24H24FNO5. The smallest absolute Gasteiger partial charge is 0.344 e. The van der Waals surface area contributed by atoms with E-state index in [1.54, 1.807) is 19.1 Å². The van der Waals surface area contributed by atoms with E-state index in [0.29, 0.717) is 17.9 Å². The van der Waals surface area contributed by atoms with Gasteiger partial charge in [-0.15, -0.1) is 0 Å². The van der Waals surface area contributed by atoms with Crippen LogP contribution in [0.1, 0.15) is 12.5 Å². The number of nitrogens with zero attached hydrogens (tertiary/aromatic N) is 1. The van der Waals surface area contributed by atoms with Crippen LogP contribution in [0.2, 0.25) is 0 Å². The van der Waals surface area contributed by atoms with Gasteiger partial charge in [-0.25, -0.2) is 9.18 Å². The molecule has 0 heterocycles. The molecule has 7 heteroatoms. The summed E-state index contributed by atoms with van der Waals surface area (Å²) in [5.74, 6) is -0.844. The first-order valence-corrected chi connectivity index (χ1v) is 9.87. The van der Waals surface area contributed by atoms with Gasteiger partial charge in [0.2, 0.25) is 0 Å². The van der Waals surface area contributed by atoms with Crippen LogP contribution in [-0.4, -0.2) is 43.6 Å². The van der Waals surface area contributed by atoms with Crippen LogP contribution in [-0.2, 0) is 20.9 Å². The molecule has 6 nitrogen and oxygen atoms in total. The zero-order chi connectivity index (χ0) is 22.2. The van der Waals surface area contributed by atoms with Crippen molar-refractivity contribution < 1.29 is 28.2 Å². The highest BCUT2D eigenvalue weighted by Crippen LogP contribution is 2.21. The number of amides is 1. The maximum absolute atomic E-state index is 13.9. The van der Waals surface area contributed by atoms with Crippen molar-refractivity contribution in [3.05, 3.63) is 72.0 Å². The van der Waals surface area contributed by atoms with Gasteiger partial charge < -0.3 is 19.1 Å². The Balaban J connectivity index is 1.48. The molecule has 162 valence electrons. The van der Waals surface area contributed by atoms with Crippen LogP contribution in [0.25, 0.3) is 10.8 Å². The van der Waals surface area contributed by atoms with Crippen molar-refractivity contribution in [3.63, 3.8) is 0 Å². The minimum atomic E-state index is -0.645. The first kappa shape index (κ1) is 22.1. The van der Waals surface area contributed by atoms with Crippen LogP contribution >= 0.6 is 0 Å². The Kier molecular flexibility index (Phi) is 7.43. The van der Waals surface area contributed by atoms with E-state index >= 15 is 0 Å². The number of fused-ring (bicyclic) bond motifs is 1. The second-order valence-corrected chi connectivity index (χ2v) is 6.84. The van der Waals surface area contributed by atoms with Crippen LogP contribution in [0.15, 0.2) is 60.7 Å². The van der Waals surface area contributed by atoms with Crippen molar-refractivity contribution >= 4 is 22.6 Å². The van der Waals surface area contributed by atoms with Crippen molar-refractivity contribution in [2.24, 2.45) is 0 Å². The second kappa shape index (κ2) is 10.4. The van der Waals surface area contributed by atoms with E-state index in [4.69, 9.17) is 14.2 Å². The Hall–Kier alpha value is -3.61. The number of benzene rings is 3. The van der Waals surface area contributed by atoms with E-state index < -0.39 is 18.4 Å². The Morgan fingerprint density at radius 1 is 0.968 bits per heavy atom. The third-order valence-electron chi connectivity index (χ3n) is 4.76. The van der Waals surface area contributed by atoms with E-state index in [1.807, 2.05) is 36.4 Å². The molecule has 0 fully saturated rings. The summed E-state index contributed by atoms with van der Waals surface area (Å²) in [6, 6.07) is 17.8. The molecular weight excluding hydrogens is 401 g/mol. The van der Waals surface area contributed by atoms with Crippen LogP contribution in [0.5, 0.6) is 11.5 Å². The Bertz CT molecular complexity index is 1070. The summed E-state index contributed by atoms with van der Waals surface area (Å²) in [4.78, 5) is 25.9. The third-order valence-corrected chi connectivity index (χ3v) is 4.76. The molecule has 0 aromatic heterocycles. The molecule has 0 saturated heterocycles. The molecule has 0 saturated carbocycles. The van der Waals surface area contributed by atoms with E-state index in [2.05, 4.69) is 0 Å². The summed E-state index contributed by atoms with van der Waals surface area (Å²) in [6.07, 6.45) is 0. The molecule has 1 amide bonds. The molecule has 0 N–H and O–H groups in total. The Morgan fingerprint density at radius 3 is 2.45 bits per heavy atom. The van der Waals surface area contributed by atoms with Gasteiger partial charge in [-0.3, -0.25) is 4.79 Å².